The Labute approximate surface area is 165 Å². The van der Waals surface area contributed by atoms with E-state index in [0.29, 0.717) is 20.3 Å². The minimum Gasteiger partial charge on any atom is -0.507 e. The van der Waals surface area contributed by atoms with Crippen molar-refractivity contribution in [1.82, 2.24) is 25.6 Å². The number of phenolic OH excluding ortho intramolecular Hbond substituents is 1. The molecule has 8 nitrogen and oxygen atoms in total. The van der Waals surface area contributed by atoms with Crippen molar-refractivity contribution in [2.45, 2.75) is 6.54 Å². The number of carbonyl (C=O) groups excluding carboxylic acids is 1. The van der Waals surface area contributed by atoms with Crippen LogP contribution in [0.2, 0.25) is 0 Å². The molecule has 0 unspecified atom stereocenters. The molecule has 0 aliphatic heterocycles. The standard InChI is InChI=1S/C16H12Br2N6O2/c17-12-7-13(18)14(25)6-11(12)8-19-20-15(26)9-24-22-16(21-23-24)10-4-2-1-3-5-10/h1-8,25H,9H2,(H,20,26)/b19-8+. The van der Waals surface area contributed by atoms with Crippen molar-refractivity contribution in [2.24, 2.45) is 5.10 Å². The number of rotatable bonds is 5. The molecule has 3 rings (SSSR count). The number of hydrogen-bond acceptors (Lipinski definition) is 6. The van der Waals surface area contributed by atoms with Crippen LogP contribution in [-0.4, -0.2) is 37.4 Å². The van der Waals surface area contributed by atoms with Gasteiger partial charge in [0.15, 0.2) is 0 Å². The van der Waals surface area contributed by atoms with Crippen LogP contribution in [0.25, 0.3) is 11.4 Å². The van der Waals surface area contributed by atoms with Crippen LogP contribution in [0.1, 0.15) is 5.56 Å². The van der Waals surface area contributed by atoms with E-state index in [1.807, 2.05) is 30.3 Å². The summed E-state index contributed by atoms with van der Waals surface area (Å²) < 4.78 is 1.27. The summed E-state index contributed by atoms with van der Waals surface area (Å²) >= 11 is 6.56. The summed E-state index contributed by atoms with van der Waals surface area (Å²) in [7, 11) is 0. The van der Waals surface area contributed by atoms with E-state index in [1.54, 1.807) is 6.07 Å². The molecule has 10 heteroatoms. The first-order chi connectivity index (χ1) is 12.5. The highest BCUT2D eigenvalue weighted by atomic mass is 79.9. The zero-order valence-corrected chi connectivity index (χ0v) is 16.3. The molecule has 1 amide bonds. The molecule has 0 bridgehead atoms. The SMILES string of the molecule is O=C(Cn1nnc(-c2ccccc2)n1)N/N=C/c1cc(O)c(Br)cc1Br. The first-order valence-corrected chi connectivity index (χ1v) is 8.94. The number of nitrogens with zero attached hydrogens (tertiary/aromatic N) is 5. The van der Waals surface area contributed by atoms with Gasteiger partial charge >= 0.3 is 0 Å². The molecule has 0 saturated carbocycles. The number of aromatic nitrogens is 4. The molecule has 2 aromatic carbocycles. The van der Waals surface area contributed by atoms with Crippen LogP contribution >= 0.6 is 31.9 Å². The molecule has 0 radical (unpaired) electrons. The summed E-state index contributed by atoms with van der Waals surface area (Å²) in [5.41, 5.74) is 3.80. The van der Waals surface area contributed by atoms with Gasteiger partial charge in [0, 0.05) is 15.6 Å². The van der Waals surface area contributed by atoms with Gasteiger partial charge in [-0.15, -0.1) is 10.2 Å². The van der Waals surface area contributed by atoms with Gasteiger partial charge in [-0.05, 0) is 33.3 Å². The molecule has 0 atom stereocenters. The molecule has 0 aliphatic rings. The smallest absolute Gasteiger partial charge is 0.263 e. The van der Waals surface area contributed by atoms with Crippen LogP contribution in [0.3, 0.4) is 0 Å². The number of aromatic hydroxyl groups is 1. The van der Waals surface area contributed by atoms with E-state index in [4.69, 9.17) is 0 Å². The summed E-state index contributed by atoms with van der Waals surface area (Å²) in [6.07, 6.45) is 1.41. The highest BCUT2D eigenvalue weighted by Crippen LogP contribution is 2.29. The average Bonchev–Trinajstić information content (AvgIpc) is 3.08. The first kappa shape index (κ1) is 18.2. The lowest BCUT2D eigenvalue weighted by Gasteiger charge is -2.02. The lowest BCUT2D eigenvalue weighted by atomic mass is 10.2. The number of hydrazone groups is 1. The summed E-state index contributed by atoms with van der Waals surface area (Å²) in [6.45, 7) is -0.121. The Morgan fingerprint density at radius 3 is 2.77 bits per heavy atom. The third-order valence-electron chi connectivity index (χ3n) is 3.23. The van der Waals surface area contributed by atoms with Crippen molar-refractivity contribution < 1.29 is 9.90 Å². The van der Waals surface area contributed by atoms with Crippen molar-refractivity contribution in [2.75, 3.05) is 0 Å². The van der Waals surface area contributed by atoms with Crippen LogP contribution in [0, 0.1) is 0 Å². The maximum atomic E-state index is 11.9. The fourth-order valence-corrected chi connectivity index (χ4v) is 3.10. The number of tetrazole rings is 1. The number of halogens is 2. The highest BCUT2D eigenvalue weighted by molar-refractivity contribution is 9.11. The van der Waals surface area contributed by atoms with E-state index in [0.717, 1.165) is 5.56 Å². The third kappa shape index (κ3) is 4.52. The van der Waals surface area contributed by atoms with Gasteiger partial charge in [0.05, 0.1) is 10.7 Å². The van der Waals surface area contributed by atoms with E-state index in [-0.39, 0.29) is 12.3 Å². The van der Waals surface area contributed by atoms with Crippen molar-refractivity contribution in [1.29, 1.82) is 0 Å². The number of carbonyl (C=O) groups is 1. The largest absolute Gasteiger partial charge is 0.507 e. The minimum absolute atomic E-state index is 0.0706. The zero-order valence-electron chi connectivity index (χ0n) is 13.2. The molecule has 0 saturated heterocycles. The van der Waals surface area contributed by atoms with Crippen LogP contribution in [0.15, 0.2) is 56.5 Å². The quantitative estimate of drug-likeness (QED) is 0.432. The Balaban J connectivity index is 1.60. The van der Waals surface area contributed by atoms with E-state index in [2.05, 4.69) is 57.8 Å². The molecule has 3 aromatic rings. The van der Waals surface area contributed by atoms with Crippen LogP contribution in [0.4, 0.5) is 0 Å². The summed E-state index contributed by atoms with van der Waals surface area (Å²) in [6, 6.07) is 12.5. The van der Waals surface area contributed by atoms with Gasteiger partial charge in [0.25, 0.3) is 5.91 Å². The predicted octanol–water partition coefficient (Wildman–Crippen LogP) is 2.72. The molecular weight excluding hydrogens is 468 g/mol. The maximum absolute atomic E-state index is 11.9. The second kappa shape index (κ2) is 8.19. The number of nitrogens with one attached hydrogen (secondary N) is 1. The van der Waals surface area contributed by atoms with E-state index >= 15 is 0 Å². The van der Waals surface area contributed by atoms with Gasteiger partial charge in [0.2, 0.25) is 5.82 Å². The fourth-order valence-electron chi connectivity index (χ4n) is 2.00. The van der Waals surface area contributed by atoms with Crippen molar-refractivity contribution in [3.8, 4) is 17.1 Å². The van der Waals surface area contributed by atoms with Crippen LogP contribution < -0.4 is 5.43 Å². The van der Waals surface area contributed by atoms with Gasteiger partial charge < -0.3 is 5.11 Å². The lowest BCUT2D eigenvalue weighted by Crippen LogP contribution is -2.24. The minimum atomic E-state index is -0.407. The van der Waals surface area contributed by atoms with Crippen molar-refractivity contribution in [3.05, 3.63) is 57.0 Å². The molecule has 26 heavy (non-hydrogen) atoms. The normalized spacial score (nSPS) is 11.0. The van der Waals surface area contributed by atoms with E-state index in [1.165, 1.54) is 17.1 Å². The van der Waals surface area contributed by atoms with Crippen molar-refractivity contribution in [3.63, 3.8) is 0 Å². The monoisotopic (exact) mass is 478 g/mol. The molecule has 0 aliphatic carbocycles. The summed E-state index contributed by atoms with van der Waals surface area (Å²) in [5.74, 6) is 0.105. The Bertz CT molecular complexity index is 959. The second-order valence-corrected chi connectivity index (χ2v) is 6.84. The lowest BCUT2D eigenvalue weighted by molar-refractivity contribution is -0.122. The van der Waals surface area contributed by atoms with Crippen LogP contribution in [0.5, 0.6) is 5.75 Å². The predicted molar refractivity (Wildman–Crippen MR) is 102 cm³/mol. The molecule has 132 valence electrons. The summed E-state index contributed by atoms with van der Waals surface area (Å²) in [4.78, 5) is 13.1. The number of amides is 1. The average molecular weight is 480 g/mol. The van der Waals surface area contributed by atoms with Gasteiger partial charge in [-0.2, -0.15) is 9.90 Å². The fraction of sp³-hybridized carbons (Fsp3) is 0.0625. The third-order valence-corrected chi connectivity index (χ3v) is 4.55. The maximum Gasteiger partial charge on any atom is 0.263 e. The number of phenols is 1. The van der Waals surface area contributed by atoms with Gasteiger partial charge in [-0.3, -0.25) is 4.79 Å². The molecule has 0 spiro atoms. The zero-order chi connectivity index (χ0) is 18.5. The van der Waals surface area contributed by atoms with Gasteiger partial charge in [0.1, 0.15) is 12.3 Å². The second-order valence-electron chi connectivity index (χ2n) is 5.13. The Kier molecular flexibility index (Phi) is 5.74. The van der Waals surface area contributed by atoms with Crippen LogP contribution in [-0.2, 0) is 11.3 Å². The topological polar surface area (TPSA) is 105 Å². The Hall–Kier alpha value is -2.59. The van der Waals surface area contributed by atoms with Crippen molar-refractivity contribution >= 4 is 44.0 Å². The molecule has 2 N–H and O–H groups in total. The Morgan fingerprint density at radius 2 is 2.00 bits per heavy atom. The molecule has 1 aromatic heterocycles. The number of benzene rings is 2. The van der Waals surface area contributed by atoms with E-state index < -0.39 is 5.91 Å². The molecular formula is C16H12Br2N6O2. The summed E-state index contributed by atoms with van der Waals surface area (Å²) in [5, 5.41) is 25.5. The molecule has 0 fully saturated rings. The highest BCUT2D eigenvalue weighted by Gasteiger charge is 2.09. The van der Waals surface area contributed by atoms with Gasteiger partial charge in [-0.1, -0.05) is 46.3 Å². The first-order valence-electron chi connectivity index (χ1n) is 7.36. The van der Waals surface area contributed by atoms with Gasteiger partial charge in [-0.25, -0.2) is 5.43 Å². The molecule has 1 heterocycles. The Morgan fingerprint density at radius 1 is 1.23 bits per heavy atom. The van der Waals surface area contributed by atoms with E-state index in [9.17, 15) is 9.90 Å². The number of hydrogen-bond donors (Lipinski definition) is 2.